The first-order chi connectivity index (χ1) is 14.2. The van der Waals surface area contributed by atoms with Crippen LogP contribution < -0.4 is 5.32 Å². The van der Waals surface area contributed by atoms with Gasteiger partial charge in [-0.3, -0.25) is 14.4 Å². The molecule has 3 aliphatic heterocycles. The van der Waals surface area contributed by atoms with Crippen molar-refractivity contribution >= 4 is 27.3 Å². The van der Waals surface area contributed by atoms with Gasteiger partial charge in [0.1, 0.15) is 12.2 Å². The number of hydrogen-bond donors (Lipinski definition) is 1. The van der Waals surface area contributed by atoms with Gasteiger partial charge in [0.15, 0.2) is 0 Å². The Hall–Kier alpha value is -2.69. The molecule has 3 fully saturated rings. The minimum absolute atomic E-state index is 0.0841. The maximum atomic E-state index is 12.9. The molecule has 7 heteroatoms. The molecule has 3 aromatic rings. The molecule has 0 saturated carbocycles. The minimum atomic E-state index is -0.0841. The van der Waals surface area contributed by atoms with Gasteiger partial charge >= 0.3 is 0 Å². The topological polar surface area (TPSA) is 63.1 Å². The van der Waals surface area contributed by atoms with Gasteiger partial charge in [0.2, 0.25) is 0 Å². The van der Waals surface area contributed by atoms with Crippen molar-refractivity contribution in [3.8, 4) is 11.8 Å². The van der Waals surface area contributed by atoms with Gasteiger partial charge in [-0.1, -0.05) is 11.8 Å². The molecule has 148 valence electrons. The predicted molar refractivity (Wildman–Crippen MR) is 114 cm³/mol. The van der Waals surface area contributed by atoms with Crippen LogP contribution in [-0.4, -0.2) is 50.7 Å². The fraction of sp³-hybridized carbons (Fsp3) is 0.409. The number of amides is 1. The molecule has 0 aromatic carbocycles. The zero-order valence-electron chi connectivity index (χ0n) is 16.3. The lowest BCUT2D eigenvalue weighted by atomic mass is 9.79. The van der Waals surface area contributed by atoms with Gasteiger partial charge in [-0.05, 0) is 50.9 Å². The van der Waals surface area contributed by atoms with Crippen molar-refractivity contribution in [3.05, 3.63) is 47.4 Å². The molecule has 1 amide bonds. The molecule has 2 atom stereocenters. The monoisotopic (exact) mass is 405 g/mol. The standard InChI is InChI=1S/C22H23N5OS/c1-15-21(16-5-10-26(15)11-6-16)25-22(28)19-12-18-17(14-29-20(18)13-23-19)4-2-8-27-9-3-7-24-27/h3,7,9,12-16,21H,5-6,8,10-11H2,1H3,(H,25,28). The van der Waals surface area contributed by atoms with E-state index in [0.717, 1.165) is 28.7 Å². The van der Waals surface area contributed by atoms with Gasteiger partial charge < -0.3 is 5.32 Å². The lowest BCUT2D eigenvalue weighted by Crippen LogP contribution is -2.62. The molecule has 0 aliphatic carbocycles. The summed E-state index contributed by atoms with van der Waals surface area (Å²) < 4.78 is 2.83. The highest BCUT2D eigenvalue weighted by molar-refractivity contribution is 7.17. The van der Waals surface area contributed by atoms with Crippen LogP contribution in [0.1, 0.15) is 35.8 Å². The number of nitrogens with one attached hydrogen (secondary N) is 1. The predicted octanol–water partition coefficient (Wildman–Crippen LogP) is 2.76. The van der Waals surface area contributed by atoms with Crippen molar-refractivity contribution in [3.63, 3.8) is 0 Å². The minimum Gasteiger partial charge on any atom is -0.346 e. The van der Waals surface area contributed by atoms with Crippen LogP contribution in [0.5, 0.6) is 0 Å². The molecule has 2 bridgehead atoms. The van der Waals surface area contributed by atoms with E-state index < -0.39 is 0 Å². The third-order valence-electron chi connectivity index (χ3n) is 6.19. The first-order valence-electron chi connectivity index (χ1n) is 10.1. The van der Waals surface area contributed by atoms with Gasteiger partial charge in [-0.15, -0.1) is 11.3 Å². The Kier molecular flexibility index (Phi) is 4.82. The van der Waals surface area contributed by atoms with E-state index in [9.17, 15) is 4.79 Å². The third kappa shape index (κ3) is 3.54. The van der Waals surface area contributed by atoms with E-state index in [1.807, 2.05) is 23.7 Å². The molecule has 3 aliphatic rings. The summed E-state index contributed by atoms with van der Waals surface area (Å²) in [7, 11) is 0. The number of aromatic nitrogens is 3. The number of carbonyl (C=O) groups is 1. The molecular formula is C22H23N5OS. The number of carbonyl (C=O) groups excluding carboxylic acids is 1. The normalized spacial score (nSPS) is 25.6. The molecule has 6 heterocycles. The number of pyridine rings is 1. The number of piperidine rings is 3. The van der Waals surface area contributed by atoms with Crippen molar-refractivity contribution in [1.82, 2.24) is 25.0 Å². The van der Waals surface area contributed by atoms with Gasteiger partial charge in [-0.25, -0.2) is 4.98 Å². The highest BCUT2D eigenvalue weighted by Crippen LogP contribution is 2.32. The van der Waals surface area contributed by atoms with E-state index >= 15 is 0 Å². The van der Waals surface area contributed by atoms with Crippen LogP contribution in [0.3, 0.4) is 0 Å². The Balaban J connectivity index is 1.35. The average Bonchev–Trinajstić information content (AvgIpc) is 3.41. The summed E-state index contributed by atoms with van der Waals surface area (Å²) >= 11 is 1.60. The van der Waals surface area contributed by atoms with E-state index in [2.05, 4.69) is 39.1 Å². The zero-order valence-corrected chi connectivity index (χ0v) is 17.2. The van der Waals surface area contributed by atoms with Crippen molar-refractivity contribution in [2.45, 2.75) is 38.4 Å². The maximum Gasteiger partial charge on any atom is 0.270 e. The smallest absolute Gasteiger partial charge is 0.270 e. The molecule has 0 spiro atoms. The summed E-state index contributed by atoms with van der Waals surface area (Å²) in [6.07, 6.45) is 7.76. The number of hydrogen-bond acceptors (Lipinski definition) is 5. The van der Waals surface area contributed by atoms with Crippen LogP contribution in [0.25, 0.3) is 10.1 Å². The Labute approximate surface area is 173 Å². The third-order valence-corrected chi connectivity index (χ3v) is 7.13. The van der Waals surface area contributed by atoms with E-state index in [1.54, 1.807) is 28.4 Å². The molecule has 2 unspecified atom stereocenters. The van der Waals surface area contributed by atoms with Crippen molar-refractivity contribution in [1.29, 1.82) is 0 Å². The van der Waals surface area contributed by atoms with Crippen LogP contribution >= 0.6 is 11.3 Å². The Morgan fingerprint density at radius 2 is 2.24 bits per heavy atom. The second kappa shape index (κ2) is 7.62. The Morgan fingerprint density at radius 1 is 1.38 bits per heavy atom. The molecule has 6 nitrogen and oxygen atoms in total. The van der Waals surface area contributed by atoms with Crippen molar-refractivity contribution < 1.29 is 4.79 Å². The molecule has 1 N–H and O–H groups in total. The van der Waals surface area contributed by atoms with Crippen LogP contribution in [0, 0.1) is 17.8 Å². The van der Waals surface area contributed by atoms with Crippen molar-refractivity contribution in [2.75, 3.05) is 13.1 Å². The molecule has 3 aromatic heterocycles. The largest absolute Gasteiger partial charge is 0.346 e. The maximum absolute atomic E-state index is 12.9. The highest BCUT2D eigenvalue weighted by atomic mass is 32.1. The quantitative estimate of drug-likeness (QED) is 0.681. The molecular weight excluding hydrogens is 382 g/mol. The number of rotatable bonds is 3. The van der Waals surface area contributed by atoms with Gasteiger partial charge in [0, 0.05) is 47.0 Å². The molecule has 6 rings (SSSR count). The Bertz CT molecular complexity index is 1080. The summed E-state index contributed by atoms with van der Waals surface area (Å²) in [6.45, 7) is 5.06. The van der Waals surface area contributed by atoms with E-state index in [-0.39, 0.29) is 11.9 Å². The first-order valence-corrected chi connectivity index (χ1v) is 11.0. The summed E-state index contributed by atoms with van der Waals surface area (Å²) in [5.41, 5.74) is 1.40. The molecule has 3 saturated heterocycles. The second-order valence-corrected chi connectivity index (χ2v) is 8.74. The number of fused-ring (bicyclic) bond motifs is 4. The summed E-state index contributed by atoms with van der Waals surface area (Å²) in [5.74, 6) is 6.86. The van der Waals surface area contributed by atoms with Crippen LogP contribution in [0.2, 0.25) is 0 Å². The number of thiophene rings is 1. The summed E-state index contributed by atoms with van der Waals surface area (Å²) in [4.78, 5) is 19.8. The number of nitrogens with zero attached hydrogens (tertiary/aromatic N) is 4. The average molecular weight is 406 g/mol. The van der Waals surface area contributed by atoms with E-state index in [1.165, 1.54) is 12.8 Å². The van der Waals surface area contributed by atoms with E-state index in [0.29, 0.717) is 24.2 Å². The Morgan fingerprint density at radius 3 is 3.00 bits per heavy atom. The first kappa shape index (κ1) is 18.3. The SMILES string of the molecule is CC1C(NC(=O)c2cc3c(C#CCn4cccn4)csc3cn2)C2CCN1CC2. The highest BCUT2D eigenvalue weighted by Gasteiger charge is 2.40. The van der Waals surface area contributed by atoms with Crippen molar-refractivity contribution in [2.24, 2.45) is 5.92 Å². The van der Waals surface area contributed by atoms with Gasteiger partial charge in [-0.2, -0.15) is 5.10 Å². The van der Waals surface area contributed by atoms with Crippen LogP contribution in [-0.2, 0) is 6.54 Å². The summed E-state index contributed by atoms with van der Waals surface area (Å²) in [5, 5.41) is 10.4. The fourth-order valence-corrected chi connectivity index (χ4v) is 5.37. The van der Waals surface area contributed by atoms with Gasteiger partial charge in [0.05, 0.1) is 4.70 Å². The van der Waals surface area contributed by atoms with E-state index in [4.69, 9.17) is 0 Å². The summed E-state index contributed by atoms with van der Waals surface area (Å²) in [6, 6.07) is 4.36. The van der Waals surface area contributed by atoms with Crippen LogP contribution in [0.15, 0.2) is 36.1 Å². The molecule has 0 radical (unpaired) electrons. The lowest BCUT2D eigenvalue weighted by molar-refractivity contribution is 0.0216. The lowest BCUT2D eigenvalue weighted by Gasteiger charge is -2.49. The van der Waals surface area contributed by atoms with Crippen LogP contribution in [0.4, 0.5) is 0 Å². The zero-order chi connectivity index (χ0) is 19.8. The fourth-order valence-electron chi connectivity index (χ4n) is 4.53. The van der Waals surface area contributed by atoms with Gasteiger partial charge in [0.25, 0.3) is 5.91 Å². The second-order valence-electron chi connectivity index (χ2n) is 7.83. The molecule has 29 heavy (non-hydrogen) atoms.